The topological polar surface area (TPSA) is 54.0 Å². The van der Waals surface area contributed by atoms with Gasteiger partial charge in [0.15, 0.2) is 14.1 Å². The number of methoxy groups -OCH3 is 1. The van der Waals surface area contributed by atoms with E-state index in [-0.39, 0.29) is 17.0 Å². The molecule has 2 fully saturated rings. The Balaban J connectivity index is 1.38. The Morgan fingerprint density at radius 1 is 1.00 bits per heavy atom. The van der Waals surface area contributed by atoms with Gasteiger partial charge < -0.3 is 23.9 Å². The van der Waals surface area contributed by atoms with Crippen molar-refractivity contribution in [3.05, 3.63) is 42.0 Å². The van der Waals surface area contributed by atoms with Crippen LogP contribution < -0.4 is 14.7 Å². The number of aromatic nitrogens is 2. The number of rotatable bonds is 7. The van der Waals surface area contributed by atoms with Crippen LogP contribution in [-0.4, -0.2) is 70.8 Å². The molecule has 0 unspecified atom stereocenters. The fourth-order valence-electron chi connectivity index (χ4n) is 4.20. The third-order valence-corrected chi connectivity index (χ3v) is 12.2. The molecule has 0 spiro atoms. The predicted molar refractivity (Wildman–Crippen MR) is 142 cm³/mol. The molecule has 3 heterocycles. The van der Waals surface area contributed by atoms with Crippen LogP contribution in [0, 0.1) is 5.82 Å². The first-order valence-electron chi connectivity index (χ1n) is 12.6. The van der Waals surface area contributed by atoms with Crippen molar-refractivity contribution in [2.24, 2.45) is 0 Å². The van der Waals surface area contributed by atoms with Gasteiger partial charge >= 0.3 is 0 Å². The molecule has 2 aliphatic heterocycles. The summed E-state index contributed by atoms with van der Waals surface area (Å²) in [5, 5.41) is 0.0961. The highest BCUT2D eigenvalue weighted by Gasteiger charge is 2.37. The molecule has 9 heteroatoms. The zero-order valence-electron chi connectivity index (χ0n) is 22.1. The van der Waals surface area contributed by atoms with Crippen molar-refractivity contribution in [2.45, 2.75) is 58.0 Å². The third-order valence-electron chi connectivity index (χ3n) is 7.74. The number of anilines is 3. The van der Waals surface area contributed by atoms with Crippen LogP contribution in [0.15, 0.2) is 30.6 Å². The minimum Gasteiger partial charge on any atom is -0.412 e. The number of halogens is 1. The van der Waals surface area contributed by atoms with Gasteiger partial charge in [0, 0.05) is 51.9 Å². The van der Waals surface area contributed by atoms with E-state index in [1.165, 1.54) is 0 Å². The van der Waals surface area contributed by atoms with Gasteiger partial charge in [0.1, 0.15) is 0 Å². The molecule has 0 bridgehead atoms. The highest BCUT2D eigenvalue weighted by atomic mass is 28.4. The van der Waals surface area contributed by atoms with Crippen LogP contribution in [0.5, 0.6) is 0 Å². The van der Waals surface area contributed by atoms with Crippen LogP contribution in [0.25, 0.3) is 0 Å². The van der Waals surface area contributed by atoms with E-state index < -0.39 is 8.32 Å². The molecule has 0 radical (unpaired) electrons. The summed E-state index contributed by atoms with van der Waals surface area (Å²) in [5.41, 5.74) is 2.32. The van der Waals surface area contributed by atoms with Crippen molar-refractivity contribution in [3.8, 4) is 0 Å². The van der Waals surface area contributed by atoms with Gasteiger partial charge in [-0.05, 0) is 30.6 Å². The maximum Gasteiger partial charge on any atom is 0.225 e. The van der Waals surface area contributed by atoms with Crippen molar-refractivity contribution in [3.63, 3.8) is 0 Å². The number of hydrogen-bond acceptors (Lipinski definition) is 7. The van der Waals surface area contributed by atoms with Gasteiger partial charge in [0.25, 0.3) is 0 Å². The molecule has 7 nitrogen and oxygen atoms in total. The summed E-state index contributed by atoms with van der Waals surface area (Å²) < 4.78 is 27.2. The minimum absolute atomic E-state index is 0.0961. The van der Waals surface area contributed by atoms with Crippen LogP contribution >= 0.6 is 0 Å². The van der Waals surface area contributed by atoms with E-state index in [1.54, 1.807) is 7.11 Å². The van der Waals surface area contributed by atoms with Crippen LogP contribution in [0.4, 0.5) is 21.7 Å². The van der Waals surface area contributed by atoms with Gasteiger partial charge in [0.2, 0.25) is 5.95 Å². The van der Waals surface area contributed by atoms with Gasteiger partial charge in [-0.1, -0.05) is 32.9 Å². The molecular weight excluding hydrogens is 461 g/mol. The lowest BCUT2D eigenvalue weighted by Gasteiger charge is -2.38. The molecule has 35 heavy (non-hydrogen) atoms. The van der Waals surface area contributed by atoms with Crippen molar-refractivity contribution in [1.29, 1.82) is 0 Å². The van der Waals surface area contributed by atoms with E-state index in [4.69, 9.17) is 9.16 Å². The Hall–Kier alpha value is -2.23. The summed E-state index contributed by atoms with van der Waals surface area (Å²) in [5.74, 6) is 0.591. The summed E-state index contributed by atoms with van der Waals surface area (Å²) in [7, 11) is -0.210. The number of hydrogen-bond donors (Lipinski definition) is 0. The molecule has 2 aliphatic rings. The van der Waals surface area contributed by atoms with E-state index >= 15 is 4.39 Å². The Bertz CT molecular complexity index is 992. The highest BCUT2D eigenvalue weighted by Crippen LogP contribution is 2.37. The molecule has 0 amide bonds. The third kappa shape index (κ3) is 5.78. The lowest BCUT2D eigenvalue weighted by molar-refractivity contribution is 0.0778. The molecule has 0 saturated carbocycles. The Kier molecular flexibility index (Phi) is 7.68. The zero-order valence-corrected chi connectivity index (χ0v) is 23.1. The molecule has 192 valence electrons. The van der Waals surface area contributed by atoms with Crippen molar-refractivity contribution in [2.75, 3.05) is 61.1 Å². The van der Waals surface area contributed by atoms with Gasteiger partial charge in [0.05, 0.1) is 36.5 Å². The van der Waals surface area contributed by atoms with E-state index in [1.807, 2.05) is 30.6 Å². The first-order valence-corrected chi connectivity index (χ1v) is 15.5. The van der Waals surface area contributed by atoms with E-state index in [0.717, 1.165) is 57.3 Å². The molecule has 1 aromatic carbocycles. The molecule has 0 atom stereocenters. The first kappa shape index (κ1) is 25.8. The number of nitrogens with zero attached hydrogens (tertiary/aromatic N) is 5. The second kappa shape index (κ2) is 10.4. The summed E-state index contributed by atoms with van der Waals surface area (Å²) in [6, 6.07) is 5.68. The quantitative estimate of drug-likeness (QED) is 0.510. The largest absolute Gasteiger partial charge is 0.412 e. The maximum absolute atomic E-state index is 15.5. The minimum atomic E-state index is -1.95. The monoisotopic (exact) mass is 501 g/mol. The fourth-order valence-corrected chi connectivity index (χ4v) is 5.15. The standard InChI is InChI=1S/C26H40FN5O2Si/c1-26(2,3)35(5,6)34-19-20-9-7-10-23(24(20)27)31-12-8-11-30(13-14-31)21-15-28-25(29-16-21)32-17-22(18-32)33-4/h7,9-10,15-16,22H,8,11-14,17-19H2,1-6H3. The second-order valence-corrected chi connectivity index (χ2v) is 15.9. The normalized spacial score (nSPS) is 18.0. The van der Waals surface area contributed by atoms with Crippen molar-refractivity contribution < 1.29 is 13.6 Å². The predicted octanol–water partition coefficient (Wildman–Crippen LogP) is 4.69. The molecule has 0 aliphatic carbocycles. The van der Waals surface area contributed by atoms with Crippen molar-refractivity contribution in [1.82, 2.24) is 9.97 Å². The molecule has 1 aromatic heterocycles. The van der Waals surface area contributed by atoms with Crippen LogP contribution in [0.1, 0.15) is 32.8 Å². The molecule has 0 N–H and O–H groups in total. The summed E-state index contributed by atoms with van der Waals surface area (Å²) in [4.78, 5) is 15.7. The molecular formula is C26H40FN5O2Si. The number of ether oxygens (including phenoxy) is 1. The van der Waals surface area contributed by atoms with Gasteiger partial charge in [-0.15, -0.1) is 0 Å². The van der Waals surface area contributed by atoms with E-state index in [9.17, 15) is 0 Å². The average molecular weight is 502 g/mol. The summed E-state index contributed by atoms with van der Waals surface area (Å²) in [6.07, 6.45) is 5.01. The molecule has 2 aromatic rings. The number of benzene rings is 1. The fraction of sp³-hybridized carbons (Fsp3) is 0.615. The van der Waals surface area contributed by atoms with Crippen LogP contribution in [-0.2, 0) is 15.8 Å². The van der Waals surface area contributed by atoms with Gasteiger partial charge in [-0.2, -0.15) is 0 Å². The first-order chi connectivity index (χ1) is 16.6. The van der Waals surface area contributed by atoms with Gasteiger partial charge in [-0.25, -0.2) is 14.4 Å². The lowest BCUT2D eigenvalue weighted by atomic mass is 10.1. The smallest absolute Gasteiger partial charge is 0.225 e. The lowest BCUT2D eigenvalue weighted by Crippen LogP contribution is -2.52. The molecule has 4 rings (SSSR count). The Morgan fingerprint density at radius 3 is 2.31 bits per heavy atom. The molecule has 2 saturated heterocycles. The average Bonchev–Trinajstić information content (AvgIpc) is 3.04. The van der Waals surface area contributed by atoms with E-state index in [2.05, 4.69) is 58.5 Å². The van der Waals surface area contributed by atoms with E-state index in [0.29, 0.717) is 17.9 Å². The second-order valence-electron chi connectivity index (χ2n) is 11.1. The maximum atomic E-state index is 15.5. The highest BCUT2D eigenvalue weighted by molar-refractivity contribution is 6.74. The van der Waals surface area contributed by atoms with Crippen LogP contribution in [0.2, 0.25) is 18.1 Å². The summed E-state index contributed by atoms with van der Waals surface area (Å²) in [6.45, 7) is 16.2. The SMILES string of the molecule is COC1CN(c2ncc(N3CCCN(c4cccc(CO[Si](C)(C)C(C)(C)C)c4F)CC3)cn2)C1. The zero-order chi connectivity index (χ0) is 25.2. The van der Waals surface area contributed by atoms with Gasteiger partial charge in [-0.3, -0.25) is 0 Å². The summed E-state index contributed by atoms with van der Waals surface area (Å²) >= 11 is 0. The Morgan fingerprint density at radius 2 is 1.66 bits per heavy atom. The Labute approximate surface area is 210 Å². The van der Waals surface area contributed by atoms with Crippen LogP contribution in [0.3, 0.4) is 0 Å². The van der Waals surface area contributed by atoms with Crippen molar-refractivity contribution >= 4 is 25.6 Å².